The van der Waals surface area contributed by atoms with Crippen LogP contribution in [-0.4, -0.2) is 37.2 Å². The molecule has 1 unspecified atom stereocenters. The van der Waals surface area contributed by atoms with Crippen molar-refractivity contribution in [3.05, 3.63) is 0 Å². The molecule has 0 amide bonds. The highest BCUT2D eigenvalue weighted by molar-refractivity contribution is 5.71. The van der Waals surface area contributed by atoms with Crippen LogP contribution in [0.3, 0.4) is 0 Å². The summed E-state index contributed by atoms with van der Waals surface area (Å²) in [5.74, 6) is -0.820. The van der Waals surface area contributed by atoms with Gasteiger partial charge in [0.15, 0.2) is 6.10 Å². The van der Waals surface area contributed by atoms with Crippen molar-refractivity contribution in [3.8, 4) is 0 Å². The molecule has 6 nitrogen and oxygen atoms in total. The van der Waals surface area contributed by atoms with Gasteiger partial charge in [-0.05, 0) is 19.3 Å². The summed E-state index contributed by atoms with van der Waals surface area (Å²) in [6, 6.07) is 0. The second-order valence-corrected chi connectivity index (χ2v) is 24.9. The standard InChI is InChI=1S/C72H140O6/c1-4-7-10-13-16-19-22-25-27-29-31-33-35-36-38-39-41-43-45-47-50-53-56-59-62-65-71(74)77-68-69(67-76-70(73)64-61-58-55-52-49-24-21-18-15-12-9-6-3)78-72(75)66-63-60-57-54-51-48-46-44-42-40-37-34-32-30-28-26-23-20-17-14-11-8-5-2/h69H,4-68H2,1-3H3. The maximum absolute atomic E-state index is 12.9. The van der Waals surface area contributed by atoms with Crippen LogP contribution >= 0.6 is 0 Å². The Balaban J connectivity index is 4.16. The van der Waals surface area contributed by atoms with Crippen molar-refractivity contribution < 1.29 is 28.6 Å². The van der Waals surface area contributed by atoms with Crippen LogP contribution in [0.4, 0.5) is 0 Å². The maximum Gasteiger partial charge on any atom is 0.306 e. The largest absolute Gasteiger partial charge is 0.462 e. The second kappa shape index (κ2) is 67.9. The van der Waals surface area contributed by atoms with Crippen molar-refractivity contribution in [2.45, 2.75) is 431 Å². The van der Waals surface area contributed by atoms with Gasteiger partial charge in [-0.3, -0.25) is 14.4 Å². The average Bonchev–Trinajstić information content (AvgIpc) is 3.44. The van der Waals surface area contributed by atoms with Crippen LogP contribution in [-0.2, 0) is 28.6 Å². The predicted molar refractivity (Wildman–Crippen MR) is 340 cm³/mol. The molecule has 78 heavy (non-hydrogen) atoms. The first-order chi connectivity index (χ1) is 38.5. The lowest BCUT2D eigenvalue weighted by Gasteiger charge is -2.18. The molecule has 0 N–H and O–H groups in total. The minimum Gasteiger partial charge on any atom is -0.462 e. The summed E-state index contributed by atoms with van der Waals surface area (Å²) < 4.78 is 17.0. The third-order valence-corrected chi connectivity index (χ3v) is 16.9. The molecule has 0 saturated heterocycles. The highest BCUT2D eigenvalue weighted by atomic mass is 16.6. The maximum atomic E-state index is 12.9. The fourth-order valence-corrected chi connectivity index (χ4v) is 11.5. The number of hydrogen-bond acceptors (Lipinski definition) is 6. The van der Waals surface area contributed by atoms with Gasteiger partial charge in [-0.2, -0.15) is 0 Å². The van der Waals surface area contributed by atoms with Crippen molar-refractivity contribution in [2.75, 3.05) is 13.2 Å². The molecule has 1 atom stereocenters. The number of hydrogen-bond donors (Lipinski definition) is 0. The van der Waals surface area contributed by atoms with Crippen molar-refractivity contribution in [1.82, 2.24) is 0 Å². The molecule has 0 aromatic rings. The van der Waals surface area contributed by atoms with E-state index in [0.717, 1.165) is 57.8 Å². The van der Waals surface area contributed by atoms with Gasteiger partial charge in [0.25, 0.3) is 0 Å². The topological polar surface area (TPSA) is 78.9 Å². The first-order valence-electron chi connectivity index (χ1n) is 36.0. The first-order valence-corrected chi connectivity index (χ1v) is 36.0. The Morgan fingerprint density at radius 1 is 0.205 bits per heavy atom. The number of ether oxygens (including phenoxy) is 3. The van der Waals surface area contributed by atoms with Crippen molar-refractivity contribution >= 4 is 17.9 Å². The van der Waals surface area contributed by atoms with Gasteiger partial charge in [-0.15, -0.1) is 0 Å². The molecule has 0 rings (SSSR count). The highest BCUT2D eigenvalue weighted by Crippen LogP contribution is 2.20. The molecular formula is C72H140O6. The van der Waals surface area contributed by atoms with E-state index >= 15 is 0 Å². The highest BCUT2D eigenvalue weighted by Gasteiger charge is 2.20. The third-order valence-electron chi connectivity index (χ3n) is 16.9. The monoisotopic (exact) mass is 1100 g/mol. The summed E-state index contributed by atoms with van der Waals surface area (Å²) in [6.07, 6.45) is 80.0. The average molecular weight is 1100 g/mol. The van der Waals surface area contributed by atoms with E-state index in [0.29, 0.717) is 19.3 Å². The zero-order valence-corrected chi connectivity index (χ0v) is 53.5. The molecule has 0 radical (unpaired) electrons. The normalized spacial score (nSPS) is 11.9. The minimum atomic E-state index is -0.763. The third kappa shape index (κ3) is 65.2. The Kier molecular flexibility index (Phi) is 66.5. The van der Waals surface area contributed by atoms with E-state index in [4.69, 9.17) is 14.2 Å². The van der Waals surface area contributed by atoms with E-state index in [-0.39, 0.29) is 31.1 Å². The van der Waals surface area contributed by atoms with Gasteiger partial charge in [0, 0.05) is 19.3 Å². The Labute approximate surface area is 488 Å². The Hall–Kier alpha value is -1.59. The van der Waals surface area contributed by atoms with Crippen LogP contribution in [0.5, 0.6) is 0 Å². The first kappa shape index (κ1) is 76.4. The van der Waals surface area contributed by atoms with Crippen LogP contribution < -0.4 is 0 Å². The number of rotatable bonds is 68. The minimum absolute atomic E-state index is 0.0602. The van der Waals surface area contributed by atoms with Crippen LogP contribution in [0.1, 0.15) is 425 Å². The number of esters is 3. The number of carbonyl (C=O) groups is 3. The molecule has 0 fully saturated rings. The Morgan fingerprint density at radius 3 is 0.513 bits per heavy atom. The summed E-state index contributed by atoms with van der Waals surface area (Å²) in [5, 5.41) is 0. The van der Waals surface area contributed by atoms with E-state index in [1.165, 1.54) is 327 Å². The summed E-state index contributed by atoms with van der Waals surface area (Å²) in [5.41, 5.74) is 0. The zero-order valence-electron chi connectivity index (χ0n) is 53.5. The van der Waals surface area contributed by atoms with E-state index < -0.39 is 6.10 Å². The van der Waals surface area contributed by atoms with E-state index in [1.807, 2.05) is 0 Å². The summed E-state index contributed by atoms with van der Waals surface area (Å²) >= 11 is 0. The molecule has 0 bridgehead atoms. The predicted octanol–water partition coefficient (Wildman–Crippen LogP) is 24.6. The molecule has 6 heteroatoms. The van der Waals surface area contributed by atoms with Gasteiger partial charge in [0.2, 0.25) is 0 Å². The second-order valence-electron chi connectivity index (χ2n) is 24.9. The molecule has 0 aromatic carbocycles. The van der Waals surface area contributed by atoms with Crippen LogP contribution in [0, 0.1) is 0 Å². The Morgan fingerprint density at radius 2 is 0.346 bits per heavy atom. The SMILES string of the molecule is CCCCCCCCCCCCCCCCCCCCCCCCCCCC(=O)OCC(COC(=O)CCCCCCCCCCCCCC)OC(=O)CCCCCCCCCCCCCCCCCCCCCCCCC. The summed E-state index contributed by atoms with van der Waals surface area (Å²) in [6.45, 7) is 6.74. The van der Waals surface area contributed by atoms with Gasteiger partial charge in [0.05, 0.1) is 0 Å². The van der Waals surface area contributed by atoms with E-state index in [1.54, 1.807) is 0 Å². The van der Waals surface area contributed by atoms with Crippen LogP contribution in [0.15, 0.2) is 0 Å². The van der Waals surface area contributed by atoms with Gasteiger partial charge in [-0.25, -0.2) is 0 Å². The van der Waals surface area contributed by atoms with Gasteiger partial charge < -0.3 is 14.2 Å². The lowest BCUT2D eigenvalue weighted by molar-refractivity contribution is -0.167. The van der Waals surface area contributed by atoms with Crippen molar-refractivity contribution in [2.24, 2.45) is 0 Å². The lowest BCUT2D eigenvalue weighted by atomic mass is 10.0. The van der Waals surface area contributed by atoms with Gasteiger partial charge >= 0.3 is 17.9 Å². The van der Waals surface area contributed by atoms with Crippen LogP contribution in [0.2, 0.25) is 0 Å². The zero-order chi connectivity index (χ0) is 56.4. The molecular weight excluding hydrogens is 961 g/mol. The van der Waals surface area contributed by atoms with E-state index in [9.17, 15) is 14.4 Å². The lowest BCUT2D eigenvalue weighted by Crippen LogP contribution is -2.30. The van der Waals surface area contributed by atoms with Gasteiger partial charge in [-0.1, -0.05) is 387 Å². The number of unbranched alkanes of at least 4 members (excludes halogenated alkanes) is 57. The molecule has 0 aliphatic heterocycles. The molecule has 0 aliphatic rings. The quantitative estimate of drug-likeness (QED) is 0.0343. The molecule has 464 valence electrons. The molecule has 0 saturated carbocycles. The number of carbonyl (C=O) groups excluding carboxylic acids is 3. The van der Waals surface area contributed by atoms with Crippen molar-refractivity contribution in [3.63, 3.8) is 0 Å². The van der Waals surface area contributed by atoms with Crippen LogP contribution in [0.25, 0.3) is 0 Å². The molecule has 0 spiro atoms. The fourth-order valence-electron chi connectivity index (χ4n) is 11.5. The van der Waals surface area contributed by atoms with Crippen molar-refractivity contribution in [1.29, 1.82) is 0 Å². The molecule has 0 heterocycles. The molecule has 0 aliphatic carbocycles. The Bertz CT molecular complexity index is 1170. The van der Waals surface area contributed by atoms with E-state index in [2.05, 4.69) is 20.8 Å². The summed E-state index contributed by atoms with van der Waals surface area (Å²) in [7, 11) is 0. The fraction of sp³-hybridized carbons (Fsp3) is 0.958. The molecule has 0 aromatic heterocycles. The smallest absolute Gasteiger partial charge is 0.306 e. The van der Waals surface area contributed by atoms with Gasteiger partial charge in [0.1, 0.15) is 13.2 Å². The summed E-state index contributed by atoms with van der Waals surface area (Å²) in [4.78, 5) is 38.4.